The monoisotopic (exact) mass is 499 g/mol. The van der Waals surface area contributed by atoms with E-state index in [2.05, 4.69) is 43.2 Å². The Morgan fingerprint density at radius 2 is 1.94 bits per heavy atom. The number of fused-ring (bicyclic) bond motifs is 3. The van der Waals surface area contributed by atoms with Crippen LogP contribution >= 0.6 is 23.1 Å². The molecule has 0 fully saturated rings. The number of aryl methyl sites for hydroxylation is 2. The third-order valence-electron chi connectivity index (χ3n) is 5.35. The summed E-state index contributed by atoms with van der Waals surface area (Å²) in [6.07, 6.45) is 0. The van der Waals surface area contributed by atoms with Crippen molar-refractivity contribution < 1.29 is 14.3 Å². The SMILES string of the molecule is CCOc1ccc(OCC)c(NC(=O)CSc2nnc3c4c(C)c(C)sc4nc(C(C)C)n23)c1. The standard InChI is InChI=1S/C24H29N5O3S2/c1-7-31-16-9-10-18(32-8-2)17(11-16)25-19(30)12-33-24-28-27-22-20-14(5)15(6)34-23(20)26-21(13(3)4)29(22)24/h9-11,13H,7-8,12H2,1-6H3,(H,25,30). The first-order valence-electron chi connectivity index (χ1n) is 11.3. The number of rotatable bonds is 9. The van der Waals surface area contributed by atoms with Gasteiger partial charge in [0.1, 0.15) is 22.2 Å². The van der Waals surface area contributed by atoms with Gasteiger partial charge in [-0.15, -0.1) is 21.5 Å². The van der Waals surface area contributed by atoms with E-state index in [0.717, 1.165) is 21.7 Å². The van der Waals surface area contributed by atoms with Crippen LogP contribution in [0.1, 0.15) is 49.9 Å². The van der Waals surface area contributed by atoms with Gasteiger partial charge in [0.2, 0.25) is 5.91 Å². The summed E-state index contributed by atoms with van der Waals surface area (Å²) in [5.41, 5.74) is 2.55. The lowest BCUT2D eigenvalue weighted by atomic mass is 10.2. The summed E-state index contributed by atoms with van der Waals surface area (Å²) in [6.45, 7) is 13.2. The third-order valence-corrected chi connectivity index (χ3v) is 7.38. The third kappa shape index (κ3) is 4.69. The molecule has 0 saturated heterocycles. The van der Waals surface area contributed by atoms with Crippen molar-refractivity contribution in [1.82, 2.24) is 19.6 Å². The van der Waals surface area contributed by atoms with E-state index >= 15 is 0 Å². The fourth-order valence-corrected chi connectivity index (χ4v) is 5.46. The number of hydrogen-bond acceptors (Lipinski definition) is 8. The van der Waals surface area contributed by atoms with Gasteiger partial charge in [-0.05, 0) is 45.4 Å². The highest BCUT2D eigenvalue weighted by atomic mass is 32.2. The molecular formula is C24H29N5O3S2. The van der Waals surface area contributed by atoms with Crippen LogP contribution in [0.3, 0.4) is 0 Å². The highest BCUT2D eigenvalue weighted by Gasteiger charge is 2.21. The molecule has 0 radical (unpaired) electrons. The number of carbonyl (C=O) groups excluding carboxylic acids is 1. The number of hydrogen-bond donors (Lipinski definition) is 1. The van der Waals surface area contributed by atoms with Crippen LogP contribution in [0.25, 0.3) is 15.9 Å². The Hall–Kier alpha value is -2.85. The molecule has 3 aromatic heterocycles. The van der Waals surface area contributed by atoms with Crippen LogP contribution in [-0.2, 0) is 4.79 Å². The molecule has 1 amide bonds. The topological polar surface area (TPSA) is 90.6 Å². The number of thioether (sulfide) groups is 1. The van der Waals surface area contributed by atoms with Crippen molar-refractivity contribution in [2.75, 3.05) is 24.3 Å². The van der Waals surface area contributed by atoms with E-state index in [-0.39, 0.29) is 17.6 Å². The molecule has 8 nitrogen and oxygen atoms in total. The largest absolute Gasteiger partial charge is 0.494 e. The van der Waals surface area contributed by atoms with Crippen molar-refractivity contribution in [1.29, 1.82) is 0 Å². The van der Waals surface area contributed by atoms with Crippen LogP contribution < -0.4 is 14.8 Å². The van der Waals surface area contributed by atoms with E-state index in [1.54, 1.807) is 23.5 Å². The fourth-order valence-electron chi connectivity index (χ4n) is 3.69. The van der Waals surface area contributed by atoms with E-state index < -0.39 is 0 Å². The van der Waals surface area contributed by atoms with E-state index in [1.165, 1.54) is 22.2 Å². The lowest BCUT2D eigenvalue weighted by Crippen LogP contribution is -2.15. The van der Waals surface area contributed by atoms with Crippen molar-refractivity contribution in [3.8, 4) is 11.5 Å². The molecule has 10 heteroatoms. The van der Waals surface area contributed by atoms with Crippen molar-refractivity contribution in [3.05, 3.63) is 34.5 Å². The minimum atomic E-state index is -0.168. The average Bonchev–Trinajstić information content (AvgIpc) is 3.34. The molecule has 0 saturated carbocycles. The van der Waals surface area contributed by atoms with Gasteiger partial charge < -0.3 is 14.8 Å². The van der Waals surface area contributed by atoms with Crippen LogP contribution in [0, 0.1) is 13.8 Å². The molecule has 180 valence electrons. The zero-order valence-corrected chi connectivity index (χ0v) is 21.9. The highest BCUT2D eigenvalue weighted by molar-refractivity contribution is 7.99. The summed E-state index contributed by atoms with van der Waals surface area (Å²) >= 11 is 3.02. The summed E-state index contributed by atoms with van der Waals surface area (Å²) in [6, 6.07) is 5.42. The van der Waals surface area contributed by atoms with Crippen LogP contribution in [-0.4, -0.2) is 44.5 Å². The maximum Gasteiger partial charge on any atom is 0.234 e. The molecule has 4 rings (SSSR count). The zero-order valence-electron chi connectivity index (χ0n) is 20.3. The summed E-state index contributed by atoms with van der Waals surface area (Å²) in [7, 11) is 0. The second-order valence-corrected chi connectivity index (χ2v) is 10.2. The quantitative estimate of drug-likeness (QED) is 0.299. The number of ether oxygens (including phenoxy) is 2. The lowest BCUT2D eigenvalue weighted by Gasteiger charge is -2.13. The predicted molar refractivity (Wildman–Crippen MR) is 138 cm³/mol. The first kappa shape index (κ1) is 24.3. The zero-order chi connectivity index (χ0) is 24.4. The van der Waals surface area contributed by atoms with Gasteiger partial charge in [0, 0.05) is 16.9 Å². The molecule has 0 aliphatic rings. The van der Waals surface area contributed by atoms with Gasteiger partial charge in [0.05, 0.1) is 30.0 Å². The summed E-state index contributed by atoms with van der Waals surface area (Å²) in [4.78, 5) is 20.0. The maximum atomic E-state index is 12.9. The van der Waals surface area contributed by atoms with E-state index in [0.29, 0.717) is 35.6 Å². The Kier molecular flexibility index (Phi) is 7.27. The van der Waals surface area contributed by atoms with Crippen LogP contribution in [0.5, 0.6) is 11.5 Å². The Morgan fingerprint density at radius 3 is 2.65 bits per heavy atom. The van der Waals surface area contributed by atoms with E-state index in [4.69, 9.17) is 14.5 Å². The number of nitrogens with zero attached hydrogens (tertiary/aromatic N) is 4. The Morgan fingerprint density at radius 1 is 1.18 bits per heavy atom. The van der Waals surface area contributed by atoms with Gasteiger partial charge in [-0.25, -0.2) is 4.98 Å². The van der Waals surface area contributed by atoms with Crippen molar-refractivity contribution in [2.24, 2.45) is 0 Å². The number of amides is 1. The van der Waals surface area contributed by atoms with Gasteiger partial charge in [0.25, 0.3) is 0 Å². The van der Waals surface area contributed by atoms with Gasteiger partial charge in [-0.1, -0.05) is 25.6 Å². The number of carbonyl (C=O) groups is 1. The molecule has 1 aromatic carbocycles. The minimum Gasteiger partial charge on any atom is -0.494 e. The molecule has 3 heterocycles. The first-order valence-corrected chi connectivity index (χ1v) is 13.1. The van der Waals surface area contributed by atoms with Crippen molar-refractivity contribution in [3.63, 3.8) is 0 Å². The van der Waals surface area contributed by atoms with E-state index in [9.17, 15) is 4.79 Å². The van der Waals surface area contributed by atoms with Gasteiger partial charge in [-0.2, -0.15) is 0 Å². The van der Waals surface area contributed by atoms with Gasteiger partial charge >= 0.3 is 0 Å². The van der Waals surface area contributed by atoms with Crippen LogP contribution in [0.15, 0.2) is 23.4 Å². The molecule has 0 bridgehead atoms. The number of thiophene rings is 1. The maximum absolute atomic E-state index is 12.9. The predicted octanol–water partition coefficient (Wildman–Crippen LogP) is 5.61. The molecule has 0 aliphatic carbocycles. The first-order chi connectivity index (χ1) is 16.3. The van der Waals surface area contributed by atoms with E-state index in [1.807, 2.05) is 24.3 Å². The summed E-state index contributed by atoms with van der Waals surface area (Å²) < 4.78 is 13.2. The highest BCUT2D eigenvalue weighted by Crippen LogP contribution is 2.35. The van der Waals surface area contributed by atoms with Crippen molar-refractivity contribution in [2.45, 2.75) is 52.6 Å². The fraction of sp³-hybridized carbons (Fsp3) is 0.417. The Labute approximate surface area is 207 Å². The number of nitrogens with one attached hydrogen (secondary N) is 1. The molecule has 4 aromatic rings. The normalized spacial score (nSPS) is 11.5. The van der Waals surface area contributed by atoms with Gasteiger partial charge in [-0.3, -0.25) is 9.20 Å². The Balaban J connectivity index is 1.60. The second kappa shape index (κ2) is 10.2. The number of benzene rings is 1. The molecule has 1 N–H and O–H groups in total. The minimum absolute atomic E-state index is 0.168. The number of anilines is 1. The Bertz CT molecular complexity index is 1350. The van der Waals surface area contributed by atoms with Crippen LogP contribution in [0.2, 0.25) is 0 Å². The lowest BCUT2D eigenvalue weighted by molar-refractivity contribution is -0.113. The summed E-state index contributed by atoms with van der Waals surface area (Å²) in [5, 5.41) is 13.5. The number of aromatic nitrogens is 4. The summed E-state index contributed by atoms with van der Waals surface area (Å²) in [5.74, 6) is 2.35. The molecule has 0 atom stereocenters. The van der Waals surface area contributed by atoms with Crippen LogP contribution in [0.4, 0.5) is 5.69 Å². The molecular weight excluding hydrogens is 470 g/mol. The molecule has 0 aliphatic heterocycles. The average molecular weight is 500 g/mol. The molecule has 0 spiro atoms. The second-order valence-electron chi connectivity index (χ2n) is 8.09. The molecule has 0 unspecified atom stereocenters. The smallest absolute Gasteiger partial charge is 0.234 e. The van der Waals surface area contributed by atoms with Crippen molar-refractivity contribution >= 4 is 50.6 Å². The van der Waals surface area contributed by atoms with Gasteiger partial charge in [0.15, 0.2) is 10.8 Å². The molecule has 34 heavy (non-hydrogen) atoms.